The first-order valence-corrected chi connectivity index (χ1v) is 6.62. The molecule has 1 aliphatic carbocycles. The molecule has 1 saturated heterocycles. The minimum Gasteiger partial charge on any atom is -0.381 e. The maximum atomic E-state index is 6.02. The van der Waals surface area contributed by atoms with E-state index in [1.807, 2.05) is 0 Å². The fourth-order valence-corrected chi connectivity index (χ4v) is 3.36. The molecule has 2 rings (SSSR count). The predicted molar refractivity (Wildman–Crippen MR) is 62.7 cm³/mol. The van der Waals surface area contributed by atoms with Gasteiger partial charge in [0, 0.05) is 13.2 Å². The number of hydrogen-bond acceptors (Lipinski definition) is 2. The predicted octanol–water partition coefficient (Wildman–Crippen LogP) is 2.71. The largest absolute Gasteiger partial charge is 0.381 e. The SMILES string of the molecule is NCC1(CC2CCOCC2)CCCCC1. The molecule has 1 saturated carbocycles. The first-order chi connectivity index (χ1) is 7.35. The highest BCUT2D eigenvalue weighted by molar-refractivity contribution is 4.86. The zero-order chi connectivity index (χ0) is 10.6. The van der Waals surface area contributed by atoms with Gasteiger partial charge in [0.1, 0.15) is 0 Å². The van der Waals surface area contributed by atoms with E-state index in [1.54, 1.807) is 0 Å². The maximum Gasteiger partial charge on any atom is 0.0468 e. The van der Waals surface area contributed by atoms with Gasteiger partial charge in [-0.3, -0.25) is 0 Å². The fraction of sp³-hybridized carbons (Fsp3) is 1.00. The third kappa shape index (κ3) is 2.94. The highest BCUT2D eigenvalue weighted by Crippen LogP contribution is 2.42. The average molecular weight is 211 g/mol. The second-order valence-electron chi connectivity index (χ2n) is 5.52. The lowest BCUT2D eigenvalue weighted by Crippen LogP contribution is -2.36. The quantitative estimate of drug-likeness (QED) is 0.779. The van der Waals surface area contributed by atoms with Gasteiger partial charge in [0.05, 0.1) is 0 Å². The van der Waals surface area contributed by atoms with Crippen LogP contribution < -0.4 is 5.73 Å². The summed E-state index contributed by atoms with van der Waals surface area (Å²) in [6.45, 7) is 2.86. The lowest BCUT2D eigenvalue weighted by atomic mass is 9.68. The highest BCUT2D eigenvalue weighted by Gasteiger charge is 2.33. The number of ether oxygens (including phenoxy) is 1. The molecule has 0 aromatic heterocycles. The number of nitrogens with two attached hydrogens (primary N) is 1. The monoisotopic (exact) mass is 211 g/mol. The summed E-state index contributed by atoms with van der Waals surface area (Å²) < 4.78 is 5.42. The Bertz CT molecular complexity index is 181. The third-order valence-corrected chi connectivity index (χ3v) is 4.41. The second-order valence-corrected chi connectivity index (χ2v) is 5.52. The van der Waals surface area contributed by atoms with E-state index in [4.69, 9.17) is 10.5 Å². The van der Waals surface area contributed by atoms with E-state index >= 15 is 0 Å². The minimum atomic E-state index is 0.500. The Morgan fingerprint density at radius 1 is 1.07 bits per heavy atom. The Morgan fingerprint density at radius 2 is 1.73 bits per heavy atom. The second kappa shape index (κ2) is 5.31. The molecule has 0 bridgehead atoms. The van der Waals surface area contributed by atoms with Crippen molar-refractivity contribution in [1.82, 2.24) is 0 Å². The van der Waals surface area contributed by atoms with Gasteiger partial charge in [-0.25, -0.2) is 0 Å². The summed E-state index contributed by atoms with van der Waals surface area (Å²) in [5.41, 5.74) is 6.52. The molecule has 2 N–H and O–H groups in total. The van der Waals surface area contributed by atoms with Crippen molar-refractivity contribution < 1.29 is 4.74 Å². The lowest BCUT2D eigenvalue weighted by Gasteiger charge is -2.40. The van der Waals surface area contributed by atoms with Crippen molar-refractivity contribution >= 4 is 0 Å². The van der Waals surface area contributed by atoms with E-state index in [0.29, 0.717) is 5.41 Å². The molecule has 15 heavy (non-hydrogen) atoms. The smallest absolute Gasteiger partial charge is 0.0468 e. The lowest BCUT2D eigenvalue weighted by molar-refractivity contribution is 0.0396. The van der Waals surface area contributed by atoms with Crippen molar-refractivity contribution in [2.45, 2.75) is 51.4 Å². The molecular formula is C13H25NO. The van der Waals surface area contributed by atoms with E-state index in [1.165, 1.54) is 51.4 Å². The molecule has 0 spiro atoms. The number of rotatable bonds is 3. The van der Waals surface area contributed by atoms with E-state index in [2.05, 4.69) is 0 Å². The topological polar surface area (TPSA) is 35.2 Å². The normalized spacial score (nSPS) is 27.8. The van der Waals surface area contributed by atoms with Crippen LogP contribution in [0.15, 0.2) is 0 Å². The van der Waals surface area contributed by atoms with Gasteiger partial charge in [0.25, 0.3) is 0 Å². The van der Waals surface area contributed by atoms with Crippen LogP contribution in [0, 0.1) is 11.3 Å². The molecule has 2 fully saturated rings. The van der Waals surface area contributed by atoms with Gasteiger partial charge in [0.15, 0.2) is 0 Å². The van der Waals surface area contributed by atoms with Gasteiger partial charge >= 0.3 is 0 Å². The van der Waals surface area contributed by atoms with Gasteiger partial charge in [-0.15, -0.1) is 0 Å². The molecule has 0 unspecified atom stereocenters. The van der Waals surface area contributed by atoms with Gasteiger partial charge < -0.3 is 10.5 Å². The van der Waals surface area contributed by atoms with Crippen LogP contribution in [-0.2, 0) is 4.74 Å². The van der Waals surface area contributed by atoms with Crippen LogP contribution in [0.1, 0.15) is 51.4 Å². The zero-order valence-corrected chi connectivity index (χ0v) is 9.84. The maximum absolute atomic E-state index is 6.02. The van der Waals surface area contributed by atoms with Gasteiger partial charge in [-0.1, -0.05) is 19.3 Å². The first-order valence-electron chi connectivity index (χ1n) is 6.62. The summed E-state index contributed by atoms with van der Waals surface area (Å²) >= 11 is 0. The van der Waals surface area contributed by atoms with Crippen LogP contribution in [0.2, 0.25) is 0 Å². The van der Waals surface area contributed by atoms with E-state index in [0.717, 1.165) is 25.7 Å². The molecule has 1 aliphatic heterocycles. The molecule has 0 aromatic rings. The Hall–Kier alpha value is -0.0800. The molecule has 0 aromatic carbocycles. The molecule has 0 atom stereocenters. The standard InChI is InChI=1S/C13H25NO/c14-11-13(6-2-1-3-7-13)10-12-4-8-15-9-5-12/h12H,1-11,14H2. The van der Waals surface area contributed by atoms with Crippen LogP contribution in [-0.4, -0.2) is 19.8 Å². The number of hydrogen-bond donors (Lipinski definition) is 1. The molecule has 88 valence electrons. The van der Waals surface area contributed by atoms with Gasteiger partial charge in [-0.2, -0.15) is 0 Å². The van der Waals surface area contributed by atoms with Gasteiger partial charge in [0.2, 0.25) is 0 Å². The van der Waals surface area contributed by atoms with Crippen molar-refractivity contribution in [3.8, 4) is 0 Å². The van der Waals surface area contributed by atoms with Crippen molar-refractivity contribution in [3.63, 3.8) is 0 Å². The summed E-state index contributed by atoms with van der Waals surface area (Å²) in [6, 6.07) is 0. The van der Waals surface area contributed by atoms with E-state index in [9.17, 15) is 0 Å². The van der Waals surface area contributed by atoms with Crippen molar-refractivity contribution in [2.24, 2.45) is 17.1 Å². The molecule has 2 heteroatoms. The van der Waals surface area contributed by atoms with Crippen LogP contribution in [0.3, 0.4) is 0 Å². The molecule has 1 heterocycles. The van der Waals surface area contributed by atoms with Crippen molar-refractivity contribution in [2.75, 3.05) is 19.8 Å². The molecule has 2 aliphatic rings. The Morgan fingerprint density at radius 3 is 2.33 bits per heavy atom. The van der Waals surface area contributed by atoms with Gasteiger partial charge in [-0.05, 0) is 50.0 Å². The summed E-state index contributed by atoms with van der Waals surface area (Å²) in [4.78, 5) is 0. The Kier molecular flexibility index (Phi) is 4.04. The summed E-state index contributed by atoms with van der Waals surface area (Å²) in [7, 11) is 0. The zero-order valence-electron chi connectivity index (χ0n) is 9.84. The molecule has 0 radical (unpaired) electrons. The molecule has 0 amide bonds. The molecular weight excluding hydrogens is 186 g/mol. The van der Waals surface area contributed by atoms with Crippen molar-refractivity contribution in [3.05, 3.63) is 0 Å². The third-order valence-electron chi connectivity index (χ3n) is 4.41. The summed E-state index contributed by atoms with van der Waals surface area (Å²) in [5.74, 6) is 0.889. The molecule has 2 nitrogen and oxygen atoms in total. The van der Waals surface area contributed by atoms with E-state index in [-0.39, 0.29) is 0 Å². The van der Waals surface area contributed by atoms with Crippen LogP contribution in [0.4, 0.5) is 0 Å². The average Bonchev–Trinajstić information content (AvgIpc) is 2.32. The Balaban J connectivity index is 1.87. The first kappa shape index (κ1) is 11.4. The minimum absolute atomic E-state index is 0.500. The van der Waals surface area contributed by atoms with Crippen LogP contribution in [0.25, 0.3) is 0 Å². The summed E-state index contributed by atoms with van der Waals surface area (Å²) in [6.07, 6.45) is 10.9. The summed E-state index contributed by atoms with van der Waals surface area (Å²) in [5, 5.41) is 0. The van der Waals surface area contributed by atoms with Crippen LogP contribution >= 0.6 is 0 Å². The van der Waals surface area contributed by atoms with Crippen LogP contribution in [0.5, 0.6) is 0 Å². The van der Waals surface area contributed by atoms with Crippen molar-refractivity contribution in [1.29, 1.82) is 0 Å². The Labute approximate surface area is 93.6 Å². The highest BCUT2D eigenvalue weighted by atomic mass is 16.5. The fourth-order valence-electron chi connectivity index (χ4n) is 3.36. The van der Waals surface area contributed by atoms with E-state index < -0.39 is 0 Å².